The van der Waals surface area contributed by atoms with Crippen LogP contribution in [0.2, 0.25) is 8.67 Å². The van der Waals surface area contributed by atoms with Crippen LogP contribution in [-0.2, 0) is 47.0 Å². The largest absolute Gasteiger partial charge is 0.444 e. The maximum Gasteiger partial charge on any atom is 0.410 e. The molecule has 6 rings (SSSR count). The van der Waals surface area contributed by atoms with Crippen LogP contribution < -0.4 is 15.4 Å². The van der Waals surface area contributed by atoms with Crippen molar-refractivity contribution in [3.05, 3.63) is 62.3 Å². The van der Waals surface area contributed by atoms with Gasteiger partial charge in [0, 0.05) is 25.4 Å². The standard InChI is InChI=1S/C36H43Cl2N5O9S2/c1-35(2,3)52-33(47)39-25-14-8-6-4-5-7-13-23-17-36(23,32(46)41-54(49,50)27-16-28(37)53-29(27)38)40-30(44)26-15-24(20-43(26)31(25)45)51-34(48)42-18-21-11-9-10-12-22(21)19-42/h7,9-13,16,23-26H,4-6,8,14-15,17-20H2,1-3H3,(H,39,47)(H,40,44)(H,41,46)/b13-7-/t23-,24-,25+,26+,36-/m1/s1. The van der Waals surface area contributed by atoms with Crippen LogP contribution in [0.5, 0.6) is 0 Å². The number of rotatable bonds is 5. The summed E-state index contributed by atoms with van der Waals surface area (Å²) in [6, 6.07) is 6.45. The minimum absolute atomic E-state index is 0.0894. The summed E-state index contributed by atoms with van der Waals surface area (Å²) in [7, 11) is -4.48. The number of nitrogens with zero attached hydrogens (tertiary/aromatic N) is 2. The quantitative estimate of drug-likeness (QED) is 0.339. The molecule has 1 aromatic carbocycles. The van der Waals surface area contributed by atoms with Crippen LogP contribution in [0.1, 0.15) is 76.8 Å². The molecule has 5 amide bonds. The summed E-state index contributed by atoms with van der Waals surface area (Å²) in [6.45, 7) is 5.61. The number of carbonyl (C=O) groups excluding carboxylic acids is 5. The molecule has 1 aromatic heterocycles. The normalized spacial score (nSPS) is 26.6. The molecule has 2 aromatic rings. The molecule has 0 spiro atoms. The Labute approximate surface area is 327 Å². The number of thiophene rings is 1. The first-order valence-electron chi connectivity index (χ1n) is 17.8. The number of halogens is 2. The Balaban J connectivity index is 1.27. The van der Waals surface area contributed by atoms with Gasteiger partial charge >= 0.3 is 12.2 Å². The molecule has 54 heavy (non-hydrogen) atoms. The van der Waals surface area contributed by atoms with Crippen molar-refractivity contribution in [3.8, 4) is 0 Å². The van der Waals surface area contributed by atoms with E-state index in [0.717, 1.165) is 35.0 Å². The highest BCUT2D eigenvalue weighted by Gasteiger charge is 2.62. The molecular weight excluding hydrogens is 781 g/mol. The predicted octanol–water partition coefficient (Wildman–Crippen LogP) is 5.27. The Kier molecular flexibility index (Phi) is 11.6. The maximum atomic E-state index is 14.4. The number of ether oxygens (including phenoxy) is 2. The van der Waals surface area contributed by atoms with E-state index in [1.165, 1.54) is 9.80 Å². The lowest BCUT2D eigenvalue weighted by Crippen LogP contribution is -2.58. The second-order valence-electron chi connectivity index (χ2n) is 15.0. The van der Waals surface area contributed by atoms with E-state index in [1.807, 2.05) is 30.3 Å². The Bertz CT molecular complexity index is 1940. The number of hydrogen-bond acceptors (Lipinski definition) is 10. The van der Waals surface area contributed by atoms with Crippen LogP contribution in [0.4, 0.5) is 9.59 Å². The Morgan fingerprint density at radius 3 is 2.41 bits per heavy atom. The summed E-state index contributed by atoms with van der Waals surface area (Å²) in [5.74, 6) is -2.87. The van der Waals surface area contributed by atoms with Crippen molar-refractivity contribution in [2.45, 2.75) is 113 Å². The molecule has 292 valence electrons. The summed E-state index contributed by atoms with van der Waals surface area (Å²) in [6.07, 6.45) is 4.22. The van der Waals surface area contributed by atoms with Gasteiger partial charge in [0.2, 0.25) is 11.8 Å². The predicted molar refractivity (Wildman–Crippen MR) is 200 cm³/mol. The monoisotopic (exact) mass is 823 g/mol. The molecular formula is C36H43Cl2N5O9S2. The van der Waals surface area contributed by atoms with Crippen molar-refractivity contribution in [1.29, 1.82) is 0 Å². The molecule has 4 heterocycles. The van der Waals surface area contributed by atoms with Crippen molar-refractivity contribution >= 4 is 74.5 Å². The van der Waals surface area contributed by atoms with Gasteiger partial charge < -0.3 is 25.0 Å². The van der Waals surface area contributed by atoms with Gasteiger partial charge in [-0.05, 0) is 63.6 Å². The first-order chi connectivity index (χ1) is 25.5. The summed E-state index contributed by atoms with van der Waals surface area (Å²) in [4.78, 5) is 71.3. The third-order valence-electron chi connectivity index (χ3n) is 9.84. The van der Waals surface area contributed by atoms with Crippen molar-refractivity contribution in [2.24, 2.45) is 5.92 Å². The van der Waals surface area contributed by atoms with Gasteiger partial charge in [0.15, 0.2) is 0 Å². The molecule has 14 nitrogen and oxygen atoms in total. The van der Waals surface area contributed by atoms with Gasteiger partial charge in [-0.1, -0.05) is 72.5 Å². The van der Waals surface area contributed by atoms with Crippen molar-refractivity contribution in [2.75, 3.05) is 6.54 Å². The zero-order chi connectivity index (χ0) is 39.0. The lowest BCUT2D eigenvalue weighted by molar-refractivity contribution is -0.141. The molecule has 1 saturated heterocycles. The number of alkyl carbamates (subject to hydrolysis) is 1. The summed E-state index contributed by atoms with van der Waals surface area (Å²) in [5, 5.41) is 5.45. The third-order valence-corrected chi connectivity index (χ3v) is 12.9. The van der Waals surface area contributed by atoms with Crippen LogP contribution >= 0.6 is 34.5 Å². The number of amides is 5. The molecule has 0 radical (unpaired) electrons. The van der Waals surface area contributed by atoms with Gasteiger partial charge in [-0.15, -0.1) is 11.3 Å². The second kappa shape index (κ2) is 15.7. The molecule has 3 N–H and O–H groups in total. The Hall–Kier alpha value is -3.86. The number of fused-ring (bicyclic) bond motifs is 3. The lowest BCUT2D eigenvalue weighted by atomic mass is 10.0. The van der Waals surface area contributed by atoms with Crippen molar-refractivity contribution in [3.63, 3.8) is 0 Å². The summed E-state index contributed by atoms with van der Waals surface area (Å²) >= 11 is 12.9. The molecule has 1 saturated carbocycles. The molecule has 2 fully saturated rings. The van der Waals surface area contributed by atoms with E-state index >= 15 is 0 Å². The summed E-state index contributed by atoms with van der Waals surface area (Å²) < 4.78 is 39.9. The van der Waals surface area contributed by atoms with Gasteiger partial charge in [-0.2, -0.15) is 0 Å². The first-order valence-corrected chi connectivity index (χ1v) is 20.8. The minimum atomic E-state index is -4.48. The highest BCUT2D eigenvalue weighted by Crippen LogP contribution is 2.46. The molecule has 5 atom stereocenters. The van der Waals surface area contributed by atoms with Gasteiger partial charge in [-0.25, -0.2) is 22.7 Å². The Morgan fingerprint density at radius 2 is 1.76 bits per heavy atom. The lowest BCUT2D eigenvalue weighted by Gasteiger charge is -2.30. The maximum absolute atomic E-state index is 14.4. The first kappa shape index (κ1) is 39.8. The molecule has 0 bridgehead atoms. The average molecular weight is 825 g/mol. The van der Waals surface area contributed by atoms with Crippen LogP contribution in [0.3, 0.4) is 0 Å². The smallest absolute Gasteiger partial charge is 0.410 e. The van der Waals surface area contributed by atoms with E-state index in [1.54, 1.807) is 26.8 Å². The van der Waals surface area contributed by atoms with Crippen LogP contribution in [0, 0.1) is 5.92 Å². The van der Waals surface area contributed by atoms with Gasteiger partial charge in [0.05, 0.1) is 10.9 Å². The van der Waals surface area contributed by atoms with Crippen LogP contribution in [0.15, 0.2) is 47.4 Å². The number of nitrogens with one attached hydrogen (secondary N) is 3. The molecule has 0 unspecified atom stereocenters. The average Bonchev–Trinajstić information content (AvgIpc) is 3.38. The van der Waals surface area contributed by atoms with Gasteiger partial charge in [0.1, 0.15) is 38.6 Å². The number of allylic oxidation sites excluding steroid dienone is 1. The number of carbonyl (C=O) groups is 5. The highest BCUT2D eigenvalue weighted by molar-refractivity contribution is 7.90. The van der Waals surface area contributed by atoms with Crippen LogP contribution in [0.25, 0.3) is 0 Å². The number of benzene rings is 1. The topological polar surface area (TPSA) is 181 Å². The number of sulfonamides is 1. The van der Waals surface area contributed by atoms with Crippen molar-refractivity contribution in [1.82, 2.24) is 25.2 Å². The van der Waals surface area contributed by atoms with E-state index in [-0.39, 0.29) is 39.4 Å². The fourth-order valence-corrected chi connectivity index (χ4v) is 10.3. The van der Waals surface area contributed by atoms with E-state index in [9.17, 15) is 32.4 Å². The zero-order valence-electron chi connectivity index (χ0n) is 30.1. The fraction of sp³-hybridized carbons (Fsp3) is 0.528. The summed E-state index contributed by atoms with van der Waals surface area (Å²) in [5.41, 5.74) is -0.538. The fourth-order valence-electron chi connectivity index (χ4n) is 7.07. The second-order valence-corrected chi connectivity index (χ2v) is 19.0. The molecule has 3 aliphatic heterocycles. The van der Waals surface area contributed by atoms with Gasteiger partial charge in [-0.3, -0.25) is 19.3 Å². The number of hydrogen-bond donors (Lipinski definition) is 3. The third kappa shape index (κ3) is 8.98. The van der Waals surface area contributed by atoms with Crippen LogP contribution in [-0.4, -0.2) is 84.0 Å². The van der Waals surface area contributed by atoms with Crippen molar-refractivity contribution < 1.29 is 41.9 Å². The van der Waals surface area contributed by atoms with E-state index in [4.69, 9.17) is 32.7 Å². The van der Waals surface area contributed by atoms with Gasteiger partial charge in [0.25, 0.3) is 15.9 Å². The zero-order valence-corrected chi connectivity index (χ0v) is 33.2. The SMILES string of the molecule is CC(C)(C)OC(=O)N[C@H]1CCCCC/C=C\[C@@H]2C[C@@]2(C(=O)NS(=O)(=O)c2cc(Cl)sc2Cl)NC(=O)[C@@H]2C[C@@H](OC(=O)N3Cc4ccccc4C3)CN2C1=O. The van der Waals surface area contributed by atoms with E-state index in [0.29, 0.717) is 32.4 Å². The molecule has 18 heteroatoms. The minimum Gasteiger partial charge on any atom is -0.444 e. The molecule has 4 aliphatic rings. The highest BCUT2D eigenvalue weighted by atomic mass is 35.5. The van der Waals surface area contributed by atoms with E-state index < -0.39 is 75.2 Å². The Morgan fingerprint density at radius 1 is 1.06 bits per heavy atom. The molecule has 1 aliphatic carbocycles. The van der Waals surface area contributed by atoms with E-state index in [2.05, 4.69) is 15.4 Å².